The standard InChI is InChI=1S/C23H31Br2NO3/c1-2-3-4-5-6-7-8-9-10-11-12-13-18(27)26-15-14-17-19(24)22-23(29-16-28-22)20(25)21(17)26/h14-15H,2-13,16H2,1H3. The second-order valence-electron chi connectivity index (χ2n) is 7.82. The number of hydrogen-bond acceptors (Lipinski definition) is 3. The molecule has 3 rings (SSSR count). The molecule has 0 N–H and O–H groups in total. The molecule has 4 nitrogen and oxygen atoms in total. The van der Waals surface area contributed by atoms with Gasteiger partial charge in [-0.2, -0.15) is 0 Å². The number of nitrogens with zero attached hydrogens (tertiary/aromatic N) is 1. The molecule has 29 heavy (non-hydrogen) atoms. The van der Waals surface area contributed by atoms with Gasteiger partial charge in [-0.3, -0.25) is 9.36 Å². The predicted molar refractivity (Wildman–Crippen MR) is 125 cm³/mol. The highest BCUT2D eigenvalue weighted by Crippen LogP contribution is 2.50. The molecule has 0 unspecified atom stereocenters. The first-order valence-electron chi connectivity index (χ1n) is 11.0. The molecule has 0 atom stereocenters. The quantitative estimate of drug-likeness (QED) is 0.260. The maximum absolute atomic E-state index is 12.8. The Bertz CT molecular complexity index is 831. The lowest BCUT2D eigenvalue weighted by Crippen LogP contribution is -2.09. The molecule has 0 fully saturated rings. The smallest absolute Gasteiger partial charge is 0.231 e. The Hall–Kier alpha value is -1.01. The van der Waals surface area contributed by atoms with E-state index in [9.17, 15) is 4.79 Å². The number of carbonyl (C=O) groups is 1. The van der Waals surface area contributed by atoms with E-state index in [2.05, 4.69) is 38.8 Å². The number of aromatic nitrogens is 1. The molecule has 6 heteroatoms. The van der Waals surface area contributed by atoms with Crippen LogP contribution in [0.15, 0.2) is 21.2 Å². The van der Waals surface area contributed by atoms with Crippen LogP contribution in [0.5, 0.6) is 11.5 Å². The minimum Gasteiger partial charge on any atom is -0.452 e. The summed E-state index contributed by atoms with van der Waals surface area (Å²) in [7, 11) is 0. The van der Waals surface area contributed by atoms with Crippen molar-refractivity contribution in [3.63, 3.8) is 0 Å². The van der Waals surface area contributed by atoms with Gasteiger partial charge in [-0.25, -0.2) is 0 Å². The van der Waals surface area contributed by atoms with E-state index in [1.807, 2.05) is 12.3 Å². The van der Waals surface area contributed by atoms with E-state index in [-0.39, 0.29) is 12.7 Å². The van der Waals surface area contributed by atoms with Crippen LogP contribution < -0.4 is 9.47 Å². The molecule has 0 aliphatic carbocycles. The largest absolute Gasteiger partial charge is 0.452 e. The molecule has 1 aromatic carbocycles. The third-order valence-corrected chi connectivity index (χ3v) is 7.13. The first-order valence-corrected chi connectivity index (χ1v) is 12.5. The zero-order valence-corrected chi connectivity index (χ0v) is 20.4. The summed E-state index contributed by atoms with van der Waals surface area (Å²) in [5.74, 6) is 1.48. The van der Waals surface area contributed by atoms with Crippen LogP contribution >= 0.6 is 31.9 Å². The minimum atomic E-state index is 0.127. The second kappa shape index (κ2) is 11.4. The molecule has 1 aliphatic rings. The van der Waals surface area contributed by atoms with Crippen molar-refractivity contribution < 1.29 is 14.3 Å². The van der Waals surface area contributed by atoms with Crippen molar-refractivity contribution in [2.45, 2.75) is 84.0 Å². The number of benzene rings is 1. The van der Waals surface area contributed by atoms with Gasteiger partial charge >= 0.3 is 0 Å². The van der Waals surface area contributed by atoms with E-state index in [0.717, 1.165) is 32.7 Å². The van der Waals surface area contributed by atoms with Crippen LogP contribution in [0, 0.1) is 0 Å². The highest BCUT2D eigenvalue weighted by Gasteiger charge is 2.27. The molecule has 160 valence electrons. The van der Waals surface area contributed by atoms with Crippen molar-refractivity contribution in [3.8, 4) is 11.5 Å². The van der Waals surface area contributed by atoms with E-state index in [1.165, 1.54) is 57.8 Å². The Kier molecular flexibility index (Phi) is 8.91. The van der Waals surface area contributed by atoms with E-state index in [0.29, 0.717) is 17.9 Å². The number of fused-ring (bicyclic) bond motifs is 2. The van der Waals surface area contributed by atoms with Crippen LogP contribution in [0.1, 0.15) is 88.8 Å². The van der Waals surface area contributed by atoms with Crippen LogP contribution in [-0.4, -0.2) is 17.3 Å². The summed E-state index contributed by atoms with van der Waals surface area (Å²) in [6, 6.07) is 1.95. The highest BCUT2D eigenvalue weighted by atomic mass is 79.9. The Morgan fingerprint density at radius 1 is 0.897 bits per heavy atom. The number of rotatable bonds is 12. The summed E-state index contributed by atoms with van der Waals surface area (Å²) in [4.78, 5) is 12.8. The molecule has 0 bridgehead atoms. The summed E-state index contributed by atoms with van der Waals surface area (Å²) in [5, 5.41) is 0.952. The summed E-state index contributed by atoms with van der Waals surface area (Å²) >= 11 is 7.19. The van der Waals surface area contributed by atoms with E-state index in [4.69, 9.17) is 9.47 Å². The molecule has 0 saturated heterocycles. The second-order valence-corrected chi connectivity index (χ2v) is 9.41. The molecule has 0 amide bonds. The zero-order chi connectivity index (χ0) is 20.6. The molecule has 0 saturated carbocycles. The lowest BCUT2D eigenvalue weighted by molar-refractivity contribution is 0.0904. The lowest BCUT2D eigenvalue weighted by atomic mass is 10.1. The van der Waals surface area contributed by atoms with Gasteiger partial charge in [0.25, 0.3) is 0 Å². The number of halogens is 2. The number of carbonyl (C=O) groups excluding carboxylic acids is 1. The topological polar surface area (TPSA) is 40.5 Å². The molecule has 0 radical (unpaired) electrons. The molecular weight excluding hydrogens is 498 g/mol. The van der Waals surface area contributed by atoms with Gasteiger partial charge in [-0.15, -0.1) is 0 Å². The molecule has 0 spiro atoms. The highest BCUT2D eigenvalue weighted by molar-refractivity contribution is 9.11. The average molecular weight is 529 g/mol. The van der Waals surface area contributed by atoms with Gasteiger partial charge in [-0.05, 0) is 44.3 Å². The fourth-order valence-corrected chi connectivity index (χ4v) is 5.25. The van der Waals surface area contributed by atoms with Gasteiger partial charge in [0.05, 0.1) is 14.5 Å². The number of hydrogen-bond donors (Lipinski definition) is 0. The fraction of sp³-hybridized carbons (Fsp3) is 0.609. The number of ether oxygens (including phenoxy) is 2. The minimum absolute atomic E-state index is 0.127. The van der Waals surface area contributed by atoms with Crippen molar-refractivity contribution in [2.75, 3.05) is 6.79 Å². The molecular formula is C23H31Br2NO3. The number of unbranched alkanes of at least 4 members (excludes halogenated alkanes) is 10. The first kappa shape index (κ1) is 22.7. The maximum atomic E-state index is 12.8. The fourth-order valence-electron chi connectivity index (χ4n) is 3.94. The van der Waals surface area contributed by atoms with Crippen LogP contribution in [-0.2, 0) is 0 Å². The van der Waals surface area contributed by atoms with Crippen LogP contribution in [0.3, 0.4) is 0 Å². The average Bonchev–Trinajstić information content (AvgIpc) is 3.38. The van der Waals surface area contributed by atoms with Gasteiger partial charge in [0.1, 0.15) is 0 Å². The van der Waals surface area contributed by atoms with Gasteiger partial charge < -0.3 is 9.47 Å². The Morgan fingerprint density at radius 3 is 2.07 bits per heavy atom. The SMILES string of the molecule is CCCCCCCCCCCCCC(=O)n1ccc2c(Br)c3c(c(Br)c21)OCO3. The Morgan fingerprint density at radius 2 is 1.45 bits per heavy atom. The van der Waals surface area contributed by atoms with Gasteiger partial charge in [-0.1, -0.05) is 71.1 Å². The van der Waals surface area contributed by atoms with Crippen molar-refractivity contribution in [1.82, 2.24) is 4.57 Å². The van der Waals surface area contributed by atoms with Crippen LogP contribution in [0.2, 0.25) is 0 Å². The normalized spacial score (nSPS) is 12.8. The molecule has 1 aromatic heterocycles. The zero-order valence-electron chi connectivity index (χ0n) is 17.3. The summed E-state index contributed by atoms with van der Waals surface area (Å²) in [6.07, 6.45) is 16.5. The first-order chi connectivity index (χ1) is 14.1. The third kappa shape index (κ3) is 5.57. The summed E-state index contributed by atoms with van der Waals surface area (Å²) in [5.41, 5.74) is 0.842. The molecule has 1 aliphatic heterocycles. The summed E-state index contributed by atoms with van der Waals surface area (Å²) in [6.45, 7) is 2.46. The Labute approximate surface area is 190 Å². The van der Waals surface area contributed by atoms with Gasteiger partial charge in [0.15, 0.2) is 11.5 Å². The molecule has 2 heterocycles. The van der Waals surface area contributed by atoms with Crippen molar-refractivity contribution >= 4 is 48.7 Å². The monoisotopic (exact) mass is 527 g/mol. The summed E-state index contributed by atoms with van der Waals surface area (Å²) < 4.78 is 14.5. The van der Waals surface area contributed by atoms with Gasteiger partial charge in [0, 0.05) is 18.0 Å². The predicted octanol–water partition coefficient (Wildman–Crippen LogP) is 8.24. The van der Waals surface area contributed by atoms with Crippen LogP contribution in [0.25, 0.3) is 10.9 Å². The van der Waals surface area contributed by atoms with Crippen LogP contribution in [0.4, 0.5) is 0 Å². The Balaban J connectivity index is 1.43. The van der Waals surface area contributed by atoms with E-state index < -0.39 is 0 Å². The van der Waals surface area contributed by atoms with E-state index >= 15 is 0 Å². The maximum Gasteiger partial charge on any atom is 0.231 e. The van der Waals surface area contributed by atoms with E-state index in [1.54, 1.807) is 4.57 Å². The van der Waals surface area contributed by atoms with Crippen molar-refractivity contribution in [1.29, 1.82) is 0 Å². The molecule has 2 aromatic rings. The lowest BCUT2D eigenvalue weighted by Gasteiger charge is -2.09. The van der Waals surface area contributed by atoms with Gasteiger partial charge in [0.2, 0.25) is 12.7 Å². The van der Waals surface area contributed by atoms with Crippen molar-refractivity contribution in [2.24, 2.45) is 0 Å². The van der Waals surface area contributed by atoms with Crippen molar-refractivity contribution in [3.05, 3.63) is 21.2 Å². The third-order valence-electron chi connectivity index (χ3n) is 5.61.